The molecule has 0 unspecified atom stereocenters. The Hall–Kier alpha value is -0.880. The Kier molecular flexibility index (Phi) is 2.77. The molecule has 0 N–H and O–H groups in total. The van der Waals surface area contributed by atoms with Crippen LogP contribution in [-0.2, 0) is 14.8 Å². The van der Waals surface area contributed by atoms with E-state index in [4.69, 9.17) is 0 Å². The Labute approximate surface area is 59.8 Å². The molecule has 0 aliphatic carbocycles. The quantitative estimate of drug-likeness (QED) is 0.461. The first-order valence-electron chi connectivity index (χ1n) is 2.15. The van der Waals surface area contributed by atoms with Crippen LogP contribution in [0.1, 0.15) is 0 Å². The molecule has 0 bridgehead atoms. The molecule has 0 atom stereocenters. The number of alkyl halides is 3. The van der Waals surface area contributed by atoms with E-state index in [-0.39, 0.29) is 0 Å². The minimum atomic E-state index is -4.88. The summed E-state index contributed by atoms with van der Waals surface area (Å²) in [7, 11) is -4.71. The maximum atomic E-state index is 11.3. The molecule has 8 heteroatoms. The molecular formula is C3H2F3NO3S. The fourth-order valence-corrected chi connectivity index (χ4v) is 0.888. The number of rotatable bonds is 2. The molecule has 0 aromatic carbocycles. The van der Waals surface area contributed by atoms with Crippen molar-refractivity contribution in [2.24, 2.45) is 4.40 Å². The third-order valence-electron chi connectivity index (χ3n) is 0.522. The average Bonchev–Trinajstić information content (AvgIpc) is 1.55. The van der Waals surface area contributed by atoms with Gasteiger partial charge in [0.05, 0.1) is 0 Å². The molecule has 0 aliphatic rings. The first-order chi connectivity index (χ1) is 4.77. The highest BCUT2D eigenvalue weighted by Gasteiger charge is 2.34. The number of hydrogen-bond donors (Lipinski definition) is 0. The van der Waals surface area contributed by atoms with Crippen molar-refractivity contribution in [2.75, 3.05) is 5.75 Å². The maximum Gasteiger partial charge on any atom is 0.404 e. The van der Waals surface area contributed by atoms with Gasteiger partial charge in [0.15, 0.2) is 5.75 Å². The first-order valence-corrected chi connectivity index (χ1v) is 3.76. The Balaban J connectivity index is 4.52. The zero-order valence-electron chi connectivity index (χ0n) is 4.92. The molecule has 0 amide bonds. The highest BCUT2D eigenvalue weighted by atomic mass is 32.2. The van der Waals surface area contributed by atoms with E-state index in [0.717, 1.165) is 0 Å². The lowest BCUT2D eigenvalue weighted by molar-refractivity contribution is -0.106. The van der Waals surface area contributed by atoms with Crippen molar-refractivity contribution in [1.29, 1.82) is 0 Å². The second kappa shape index (κ2) is 3.02. The Morgan fingerprint density at radius 2 is 1.82 bits per heavy atom. The standard InChI is InChI=1S/C3H2F3NO3S/c4-3(5,6)1-11(9,10)7-2-8/h1H2. The third kappa shape index (κ3) is 5.56. The highest BCUT2D eigenvalue weighted by Crippen LogP contribution is 2.17. The van der Waals surface area contributed by atoms with Crippen LogP contribution in [0, 0.1) is 0 Å². The molecule has 0 aromatic rings. The van der Waals surface area contributed by atoms with E-state index in [1.54, 1.807) is 0 Å². The van der Waals surface area contributed by atoms with E-state index >= 15 is 0 Å². The van der Waals surface area contributed by atoms with E-state index in [0.29, 0.717) is 6.08 Å². The summed E-state index contributed by atoms with van der Waals surface area (Å²) in [5.41, 5.74) is 0. The minimum absolute atomic E-state index is 0.518. The third-order valence-corrected chi connectivity index (χ3v) is 1.57. The Morgan fingerprint density at radius 1 is 1.36 bits per heavy atom. The van der Waals surface area contributed by atoms with Crippen LogP contribution < -0.4 is 0 Å². The normalized spacial score (nSPS) is 12.3. The predicted molar refractivity (Wildman–Crippen MR) is 28.0 cm³/mol. The van der Waals surface area contributed by atoms with Crippen LogP contribution in [0.15, 0.2) is 4.40 Å². The zero-order chi connectivity index (χ0) is 9.12. The van der Waals surface area contributed by atoms with Crippen molar-refractivity contribution in [3.63, 3.8) is 0 Å². The summed E-state index contributed by atoms with van der Waals surface area (Å²) >= 11 is 0. The van der Waals surface area contributed by atoms with Gasteiger partial charge < -0.3 is 0 Å². The molecule has 11 heavy (non-hydrogen) atoms. The first kappa shape index (κ1) is 10.1. The second-order valence-corrected chi connectivity index (χ2v) is 3.16. The van der Waals surface area contributed by atoms with E-state index < -0.39 is 22.0 Å². The van der Waals surface area contributed by atoms with Crippen LogP contribution in [0.25, 0.3) is 0 Å². The van der Waals surface area contributed by atoms with Crippen molar-refractivity contribution < 1.29 is 26.4 Å². The van der Waals surface area contributed by atoms with E-state index in [1.165, 1.54) is 0 Å². The largest absolute Gasteiger partial charge is 0.404 e. The summed E-state index contributed by atoms with van der Waals surface area (Å²) in [6.07, 6.45) is -4.36. The molecule has 64 valence electrons. The van der Waals surface area contributed by atoms with Gasteiger partial charge in [-0.3, -0.25) is 0 Å². The number of halogens is 3. The van der Waals surface area contributed by atoms with Gasteiger partial charge in [-0.1, -0.05) is 4.40 Å². The molecule has 0 fully saturated rings. The molecular weight excluding hydrogens is 187 g/mol. The van der Waals surface area contributed by atoms with Crippen molar-refractivity contribution in [3.05, 3.63) is 0 Å². The SMILES string of the molecule is O=C=NS(=O)(=O)CC(F)(F)F. The van der Waals surface area contributed by atoms with Gasteiger partial charge in [-0.2, -0.15) is 13.2 Å². The summed E-state index contributed by atoms with van der Waals surface area (Å²) < 4.78 is 56.1. The van der Waals surface area contributed by atoms with Crippen LogP contribution in [-0.4, -0.2) is 26.4 Å². The van der Waals surface area contributed by atoms with Gasteiger partial charge in [0, 0.05) is 0 Å². The number of nitrogens with zero attached hydrogens (tertiary/aromatic N) is 1. The highest BCUT2D eigenvalue weighted by molar-refractivity contribution is 7.90. The van der Waals surface area contributed by atoms with Crippen molar-refractivity contribution in [2.45, 2.75) is 6.18 Å². The molecule has 0 saturated carbocycles. The van der Waals surface area contributed by atoms with Crippen LogP contribution >= 0.6 is 0 Å². The summed E-state index contributed by atoms with van der Waals surface area (Å²) in [5.74, 6) is -2.13. The van der Waals surface area contributed by atoms with E-state index in [9.17, 15) is 26.4 Å². The molecule has 0 radical (unpaired) electrons. The second-order valence-electron chi connectivity index (χ2n) is 1.52. The smallest absolute Gasteiger partial charge is 0.210 e. The molecule has 0 heterocycles. The van der Waals surface area contributed by atoms with E-state index in [1.807, 2.05) is 4.40 Å². The topological polar surface area (TPSA) is 63.6 Å². The van der Waals surface area contributed by atoms with Gasteiger partial charge in [-0.05, 0) is 0 Å². The molecule has 0 spiro atoms. The fourth-order valence-electron chi connectivity index (χ4n) is 0.296. The van der Waals surface area contributed by atoms with Crippen molar-refractivity contribution in [3.8, 4) is 0 Å². The van der Waals surface area contributed by atoms with Gasteiger partial charge in [-0.15, -0.1) is 0 Å². The van der Waals surface area contributed by atoms with Crippen molar-refractivity contribution >= 4 is 16.1 Å². The van der Waals surface area contributed by atoms with Gasteiger partial charge in [-0.25, -0.2) is 13.2 Å². The summed E-state index contributed by atoms with van der Waals surface area (Å²) in [6, 6.07) is 0. The Morgan fingerprint density at radius 3 is 2.09 bits per heavy atom. The summed E-state index contributed by atoms with van der Waals surface area (Å²) in [4.78, 5) is 9.27. The van der Waals surface area contributed by atoms with Crippen LogP contribution in [0.5, 0.6) is 0 Å². The lowest BCUT2D eigenvalue weighted by Gasteiger charge is -2.00. The zero-order valence-corrected chi connectivity index (χ0v) is 5.74. The van der Waals surface area contributed by atoms with Crippen LogP contribution in [0.4, 0.5) is 13.2 Å². The van der Waals surface area contributed by atoms with Crippen molar-refractivity contribution in [1.82, 2.24) is 0 Å². The monoisotopic (exact) mass is 189 g/mol. The van der Waals surface area contributed by atoms with Gasteiger partial charge in [0.2, 0.25) is 0 Å². The lowest BCUT2D eigenvalue weighted by atomic mass is 10.8. The molecule has 0 aromatic heterocycles. The number of isocyanates is 1. The molecule has 0 rings (SSSR count). The number of carbonyl (C=O) groups excluding carboxylic acids is 1. The lowest BCUT2D eigenvalue weighted by Crippen LogP contribution is -2.20. The molecule has 4 nitrogen and oxygen atoms in total. The van der Waals surface area contributed by atoms with Gasteiger partial charge in [0.1, 0.15) is 0 Å². The summed E-state index contributed by atoms with van der Waals surface area (Å²) in [5, 5.41) is 0. The maximum absolute atomic E-state index is 11.3. The summed E-state index contributed by atoms with van der Waals surface area (Å²) in [6.45, 7) is 0. The Bertz CT molecular complexity index is 273. The number of sulfonamides is 1. The van der Waals surface area contributed by atoms with Gasteiger partial charge in [0.25, 0.3) is 16.1 Å². The minimum Gasteiger partial charge on any atom is -0.210 e. The molecule has 0 saturated heterocycles. The van der Waals surface area contributed by atoms with Gasteiger partial charge >= 0.3 is 6.18 Å². The number of hydrogen-bond acceptors (Lipinski definition) is 3. The molecule has 0 aliphatic heterocycles. The van der Waals surface area contributed by atoms with Crippen LogP contribution in [0.2, 0.25) is 0 Å². The average molecular weight is 189 g/mol. The predicted octanol–water partition coefficient (Wildman–Crippen LogP) is 0.214. The van der Waals surface area contributed by atoms with E-state index in [2.05, 4.69) is 0 Å². The fraction of sp³-hybridized carbons (Fsp3) is 0.667. The van der Waals surface area contributed by atoms with Crippen LogP contribution in [0.3, 0.4) is 0 Å².